The molecule has 23 heavy (non-hydrogen) atoms. The van der Waals surface area contributed by atoms with E-state index in [1.807, 2.05) is 0 Å². The van der Waals surface area contributed by atoms with E-state index in [2.05, 4.69) is 66.1 Å². The summed E-state index contributed by atoms with van der Waals surface area (Å²) in [6.45, 7) is 7.13. The van der Waals surface area contributed by atoms with Gasteiger partial charge in [-0.25, -0.2) is 0 Å². The molecule has 0 saturated heterocycles. The van der Waals surface area contributed by atoms with Gasteiger partial charge in [-0.05, 0) is 56.9 Å². The average molecular weight is 380 g/mol. The number of methoxy groups -OCH3 is 2. The topological polar surface area (TPSA) is 34.2 Å². The van der Waals surface area contributed by atoms with Crippen molar-refractivity contribution in [3.63, 3.8) is 0 Å². The molecule has 4 heteroatoms. The van der Waals surface area contributed by atoms with Gasteiger partial charge in [-0.3, -0.25) is 0 Å². The molecule has 1 heterocycles. The smallest absolute Gasteiger partial charge is 0.105 e. The Hall–Kier alpha value is -1.10. The lowest BCUT2D eigenvalue weighted by Gasteiger charge is -2.27. The van der Waals surface area contributed by atoms with Gasteiger partial charge in [0.25, 0.3) is 0 Å². The predicted molar refractivity (Wildman–Crippen MR) is 98.9 cm³/mol. The van der Waals surface area contributed by atoms with Gasteiger partial charge in [-0.2, -0.15) is 0 Å². The molecule has 0 saturated carbocycles. The van der Waals surface area contributed by atoms with E-state index in [4.69, 9.17) is 9.47 Å². The Morgan fingerprint density at radius 1 is 1.17 bits per heavy atom. The molecular formula is C19H26BrNO2. The summed E-state index contributed by atoms with van der Waals surface area (Å²) in [6.07, 6.45) is 3.93. The molecule has 1 N–H and O–H groups in total. The second-order valence-corrected chi connectivity index (χ2v) is 7.13. The molecule has 3 nitrogen and oxygen atoms in total. The molecule has 0 amide bonds. The van der Waals surface area contributed by atoms with E-state index >= 15 is 0 Å². The molecule has 1 atom stereocenters. The molecule has 0 aliphatic heterocycles. The van der Waals surface area contributed by atoms with E-state index < -0.39 is 0 Å². The summed E-state index contributed by atoms with van der Waals surface area (Å²) in [5, 5.41) is 0. The molecule has 1 unspecified atom stereocenters. The molecule has 0 fully saturated rings. The highest BCUT2D eigenvalue weighted by atomic mass is 79.9. The zero-order valence-corrected chi connectivity index (χ0v) is 16.2. The van der Waals surface area contributed by atoms with Crippen LogP contribution < -0.4 is 0 Å². The third-order valence-corrected chi connectivity index (χ3v) is 5.05. The van der Waals surface area contributed by atoms with Gasteiger partial charge in [0.2, 0.25) is 0 Å². The largest absolute Gasteiger partial charge is 0.385 e. The van der Waals surface area contributed by atoms with Crippen LogP contribution in [-0.2, 0) is 15.1 Å². The number of ether oxygens (including phenoxy) is 2. The van der Waals surface area contributed by atoms with Crippen molar-refractivity contribution in [1.82, 2.24) is 4.98 Å². The number of aryl methyl sites for hydroxylation is 2. The molecule has 2 rings (SSSR count). The van der Waals surface area contributed by atoms with Crippen LogP contribution in [0, 0.1) is 13.8 Å². The number of H-pyrrole nitrogens is 1. The molecular weight excluding hydrogens is 354 g/mol. The summed E-state index contributed by atoms with van der Waals surface area (Å²) in [6, 6.07) is 6.56. The molecule has 126 valence electrons. The highest BCUT2D eigenvalue weighted by Gasteiger charge is 2.28. The summed E-state index contributed by atoms with van der Waals surface area (Å²) in [4.78, 5) is 3.41. The van der Waals surface area contributed by atoms with Gasteiger partial charge in [-0.1, -0.05) is 22.0 Å². The van der Waals surface area contributed by atoms with E-state index in [0.717, 1.165) is 29.6 Å². The first-order valence-electron chi connectivity index (χ1n) is 7.91. The first-order chi connectivity index (χ1) is 10.9. The zero-order chi connectivity index (χ0) is 17.0. The molecule has 2 aromatic rings. The molecule has 0 aliphatic rings. The summed E-state index contributed by atoms with van der Waals surface area (Å²) in [5.74, 6) is 0. The van der Waals surface area contributed by atoms with Crippen LogP contribution in [0.4, 0.5) is 0 Å². The Balaban J connectivity index is 2.33. The van der Waals surface area contributed by atoms with Crippen LogP contribution in [0.3, 0.4) is 0 Å². The maximum atomic E-state index is 5.80. The molecule has 0 spiro atoms. The standard InChI is InChI=1S/C19H26BrNO2/c1-13-9-14(2)18(16(20)10-13)15-11-17(21-12-15)19(3,23-5)7-6-8-22-4/h9-12,21H,6-8H2,1-5H3. The number of rotatable bonds is 7. The van der Waals surface area contributed by atoms with Gasteiger partial charge >= 0.3 is 0 Å². The lowest BCUT2D eigenvalue weighted by atomic mass is 9.94. The van der Waals surface area contributed by atoms with Crippen LogP contribution in [0.1, 0.15) is 36.6 Å². The Bertz CT molecular complexity index is 642. The summed E-state index contributed by atoms with van der Waals surface area (Å²) in [7, 11) is 3.49. The third-order valence-electron chi connectivity index (χ3n) is 4.43. The Kier molecular flexibility index (Phi) is 6.06. The van der Waals surface area contributed by atoms with Gasteiger partial charge in [-0.15, -0.1) is 0 Å². The maximum absolute atomic E-state index is 5.80. The number of aromatic nitrogens is 1. The molecule has 1 aromatic heterocycles. The Labute approximate surface area is 147 Å². The fourth-order valence-electron chi connectivity index (χ4n) is 3.03. The van der Waals surface area contributed by atoms with E-state index in [0.29, 0.717) is 0 Å². The fourth-order valence-corrected chi connectivity index (χ4v) is 3.93. The third kappa shape index (κ3) is 4.06. The van der Waals surface area contributed by atoms with Crippen molar-refractivity contribution in [2.75, 3.05) is 20.8 Å². The van der Waals surface area contributed by atoms with Gasteiger partial charge in [0.15, 0.2) is 0 Å². The highest BCUT2D eigenvalue weighted by Crippen LogP contribution is 2.36. The van der Waals surface area contributed by atoms with Crippen LogP contribution >= 0.6 is 15.9 Å². The number of aromatic amines is 1. The highest BCUT2D eigenvalue weighted by molar-refractivity contribution is 9.10. The first kappa shape index (κ1) is 18.2. The molecule has 0 bridgehead atoms. The Morgan fingerprint density at radius 3 is 2.52 bits per heavy atom. The zero-order valence-electron chi connectivity index (χ0n) is 14.6. The van der Waals surface area contributed by atoms with E-state index in [1.54, 1.807) is 14.2 Å². The van der Waals surface area contributed by atoms with E-state index in [9.17, 15) is 0 Å². The summed E-state index contributed by atoms with van der Waals surface area (Å²) < 4.78 is 12.1. The lowest BCUT2D eigenvalue weighted by Crippen LogP contribution is -2.25. The number of benzene rings is 1. The number of hydrogen-bond donors (Lipinski definition) is 1. The van der Waals surface area contributed by atoms with Gasteiger partial charge in [0, 0.05) is 48.3 Å². The first-order valence-corrected chi connectivity index (χ1v) is 8.70. The molecule has 0 radical (unpaired) electrons. The summed E-state index contributed by atoms with van der Waals surface area (Å²) >= 11 is 3.70. The SMILES string of the molecule is COCCCC(C)(OC)c1cc(-c2c(C)cc(C)cc2Br)c[nH]1. The normalized spacial score (nSPS) is 14.0. The van der Waals surface area contributed by atoms with Gasteiger partial charge in [0.1, 0.15) is 5.60 Å². The quantitative estimate of drug-likeness (QED) is 0.657. The van der Waals surface area contributed by atoms with Crippen molar-refractivity contribution >= 4 is 15.9 Å². The van der Waals surface area contributed by atoms with E-state index in [-0.39, 0.29) is 5.60 Å². The second-order valence-electron chi connectivity index (χ2n) is 6.27. The lowest BCUT2D eigenvalue weighted by molar-refractivity contribution is -0.0147. The fraction of sp³-hybridized carbons (Fsp3) is 0.474. The minimum absolute atomic E-state index is 0.331. The van der Waals surface area contributed by atoms with Crippen LogP contribution in [0.15, 0.2) is 28.9 Å². The minimum Gasteiger partial charge on any atom is -0.385 e. The van der Waals surface area contributed by atoms with Crippen molar-refractivity contribution in [1.29, 1.82) is 0 Å². The number of hydrogen-bond acceptors (Lipinski definition) is 2. The van der Waals surface area contributed by atoms with Gasteiger partial charge < -0.3 is 14.5 Å². The summed E-state index contributed by atoms with van der Waals surface area (Å²) in [5.41, 5.74) is 5.70. The van der Waals surface area contributed by atoms with E-state index in [1.165, 1.54) is 22.3 Å². The number of nitrogens with one attached hydrogen (secondary N) is 1. The average Bonchev–Trinajstić information content (AvgIpc) is 2.96. The van der Waals surface area contributed by atoms with Crippen molar-refractivity contribution < 1.29 is 9.47 Å². The molecule has 0 aliphatic carbocycles. The van der Waals surface area contributed by atoms with Gasteiger partial charge in [0.05, 0.1) is 0 Å². The number of halogens is 1. The minimum atomic E-state index is -0.331. The van der Waals surface area contributed by atoms with Crippen LogP contribution in [0.25, 0.3) is 11.1 Å². The molecule has 1 aromatic carbocycles. The van der Waals surface area contributed by atoms with Crippen LogP contribution in [0.5, 0.6) is 0 Å². The van der Waals surface area contributed by atoms with Crippen LogP contribution in [-0.4, -0.2) is 25.8 Å². The maximum Gasteiger partial charge on any atom is 0.105 e. The Morgan fingerprint density at radius 2 is 1.91 bits per heavy atom. The predicted octanol–water partition coefficient (Wildman–Crippen LogP) is 5.35. The monoisotopic (exact) mass is 379 g/mol. The van der Waals surface area contributed by atoms with Crippen molar-refractivity contribution in [3.8, 4) is 11.1 Å². The van der Waals surface area contributed by atoms with Crippen molar-refractivity contribution in [3.05, 3.63) is 45.7 Å². The van der Waals surface area contributed by atoms with Crippen molar-refractivity contribution in [2.24, 2.45) is 0 Å². The van der Waals surface area contributed by atoms with Crippen LogP contribution in [0.2, 0.25) is 0 Å². The second kappa shape index (κ2) is 7.65. The van der Waals surface area contributed by atoms with Crippen molar-refractivity contribution in [2.45, 2.75) is 39.2 Å².